The molecule has 0 N–H and O–H groups in total. The van der Waals surface area contributed by atoms with Crippen LogP contribution in [0.25, 0.3) is 0 Å². The lowest BCUT2D eigenvalue weighted by Gasteiger charge is -2.11. The van der Waals surface area contributed by atoms with E-state index in [0.717, 1.165) is 18.2 Å². The molecule has 1 aromatic rings. The first kappa shape index (κ1) is 14.7. The molecule has 0 aliphatic carbocycles. The highest BCUT2D eigenvalue weighted by Crippen LogP contribution is 2.30. The van der Waals surface area contributed by atoms with Gasteiger partial charge in [0.2, 0.25) is 6.54 Å². The van der Waals surface area contributed by atoms with E-state index < -0.39 is 33.8 Å². The molecule has 1 aromatic carbocycles. The molecular formula is C11H11FN2O5. The first-order valence-electron chi connectivity index (χ1n) is 5.36. The van der Waals surface area contributed by atoms with E-state index in [0.29, 0.717) is 0 Å². The highest BCUT2D eigenvalue weighted by Gasteiger charge is 2.27. The van der Waals surface area contributed by atoms with E-state index in [1.807, 2.05) is 0 Å². The Morgan fingerprint density at radius 2 is 2.00 bits per heavy atom. The zero-order valence-electron chi connectivity index (χ0n) is 10.0. The number of ketones is 1. The second-order valence-electron chi connectivity index (χ2n) is 4.08. The average Bonchev–Trinajstić information content (AvgIpc) is 2.26. The first-order valence-corrected chi connectivity index (χ1v) is 5.36. The maximum absolute atomic E-state index is 13.2. The number of hydrogen-bond acceptors (Lipinski definition) is 5. The van der Waals surface area contributed by atoms with Crippen LogP contribution in [0, 0.1) is 26.0 Å². The van der Waals surface area contributed by atoms with Crippen molar-refractivity contribution in [1.82, 2.24) is 0 Å². The molecule has 1 rings (SSSR count). The van der Waals surface area contributed by atoms with Gasteiger partial charge in [-0.3, -0.25) is 20.2 Å². The number of Topliss-reactive ketones (excluding diaryl/α,β-unsaturated/α-hetero) is 1. The molecule has 8 heteroatoms. The number of halogens is 1. The highest BCUT2D eigenvalue weighted by atomic mass is 19.1. The Bertz CT molecular complexity index is 516. The Labute approximate surface area is 107 Å². The maximum Gasteiger partial charge on any atom is 0.273 e. The molecule has 1 atom stereocenters. The molecule has 0 heterocycles. The smallest absolute Gasteiger partial charge is 0.273 e. The van der Waals surface area contributed by atoms with Crippen LogP contribution in [-0.2, 0) is 4.79 Å². The van der Waals surface area contributed by atoms with Gasteiger partial charge in [-0.1, -0.05) is 0 Å². The minimum Gasteiger partial charge on any atom is -0.300 e. The molecule has 7 nitrogen and oxygen atoms in total. The molecule has 0 aliphatic rings. The lowest BCUT2D eigenvalue weighted by molar-refractivity contribution is -0.483. The summed E-state index contributed by atoms with van der Waals surface area (Å²) in [7, 11) is 0. The van der Waals surface area contributed by atoms with Crippen LogP contribution in [0.5, 0.6) is 0 Å². The minimum atomic E-state index is -1.01. The number of benzene rings is 1. The number of nitrogens with zero attached hydrogens (tertiary/aromatic N) is 2. The van der Waals surface area contributed by atoms with Crippen LogP contribution < -0.4 is 0 Å². The Balaban J connectivity index is 3.26. The molecule has 1 unspecified atom stereocenters. The lowest BCUT2D eigenvalue weighted by atomic mass is 9.92. The highest BCUT2D eigenvalue weighted by molar-refractivity contribution is 5.76. The van der Waals surface area contributed by atoms with Crippen LogP contribution in [0.15, 0.2) is 18.2 Å². The van der Waals surface area contributed by atoms with Gasteiger partial charge in [0.05, 0.1) is 10.8 Å². The molecule has 0 spiro atoms. The van der Waals surface area contributed by atoms with Crippen LogP contribution in [0.2, 0.25) is 0 Å². The molecule has 0 saturated carbocycles. The molecule has 19 heavy (non-hydrogen) atoms. The fraction of sp³-hybridized carbons (Fsp3) is 0.364. The molecule has 0 saturated heterocycles. The van der Waals surface area contributed by atoms with Crippen LogP contribution in [-0.4, -0.2) is 22.2 Å². The van der Waals surface area contributed by atoms with Crippen LogP contribution in [0.1, 0.15) is 24.8 Å². The molecular weight excluding hydrogens is 259 g/mol. The van der Waals surface area contributed by atoms with E-state index in [1.54, 1.807) is 0 Å². The van der Waals surface area contributed by atoms with Crippen molar-refractivity contribution in [3.63, 3.8) is 0 Å². The molecule has 102 valence electrons. The quantitative estimate of drug-likeness (QED) is 0.581. The van der Waals surface area contributed by atoms with Gasteiger partial charge in [0.15, 0.2) is 0 Å². The molecule has 0 fully saturated rings. The van der Waals surface area contributed by atoms with Crippen molar-refractivity contribution >= 4 is 11.5 Å². The molecule has 0 aliphatic heterocycles. The van der Waals surface area contributed by atoms with Crippen molar-refractivity contribution in [3.05, 3.63) is 49.8 Å². The predicted octanol–water partition coefficient (Wildman–Crippen LogP) is 2.07. The number of carbonyl (C=O) groups excluding carboxylic acids is 1. The summed E-state index contributed by atoms with van der Waals surface area (Å²) in [6.07, 6.45) is -0.245. The van der Waals surface area contributed by atoms with E-state index in [2.05, 4.69) is 0 Å². The standard InChI is InChI=1S/C11H11FN2O5/c1-7(15)4-8(6-13(16)17)10-5-9(12)2-3-11(10)14(18)19/h2-3,5,8H,4,6H2,1H3. The first-order chi connectivity index (χ1) is 8.81. The van der Waals surface area contributed by atoms with E-state index in [4.69, 9.17) is 0 Å². The summed E-state index contributed by atoms with van der Waals surface area (Å²) in [5.41, 5.74) is -0.550. The second-order valence-corrected chi connectivity index (χ2v) is 4.08. The monoisotopic (exact) mass is 270 g/mol. The third-order valence-corrected chi connectivity index (χ3v) is 2.53. The number of nitro benzene ring substituents is 1. The SMILES string of the molecule is CC(=O)CC(C[N+](=O)[O-])c1cc(F)ccc1[N+](=O)[O-]. The zero-order chi connectivity index (χ0) is 14.6. The van der Waals surface area contributed by atoms with Crippen LogP contribution in [0.4, 0.5) is 10.1 Å². The Morgan fingerprint density at radius 3 is 2.47 bits per heavy atom. The van der Waals surface area contributed by atoms with Crippen LogP contribution >= 0.6 is 0 Å². The average molecular weight is 270 g/mol. The van der Waals surface area contributed by atoms with Crippen molar-refractivity contribution in [3.8, 4) is 0 Å². The van der Waals surface area contributed by atoms with Crippen molar-refractivity contribution in [2.24, 2.45) is 0 Å². The van der Waals surface area contributed by atoms with E-state index in [-0.39, 0.29) is 17.8 Å². The summed E-state index contributed by atoms with van der Waals surface area (Å²) in [5, 5.41) is 21.4. The van der Waals surface area contributed by atoms with Crippen molar-refractivity contribution in [2.75, 3.05) is 6.54 Å². The summed E-state index contributed by atoms with van der Waals surface area (Å²) in [4.78, 5) is 31.1. The molecule has 0 bridgehead atoms. The van der Waals surface area contributed by atoms with Gasteiger partial charge >= 0.3 is 0 Å². The van der Waals surface area contributed by atoms with E-state index in [9.17, 15) is 29.4 Å². The third-order valence-electron chi connectivity index (χ3n) is 2.53. The third kappa shape index (κ3) is 4.09. The zero-order valence-corrected chi connectivity index (χ0v) is 10.0. The van der Waals surface area contributed by atoms with Gasteiger partial charge < -0.3 is 4.79 Å². The van der Waals surface area contributed by atoms with Crippen molar-refractivity contribution < 1.29 is 19.0 Å². The van der Waals surface area contributed by atoms with Crippen molar-refractivity contribution in [1.29, 1.82) is 0 Å². The second kappa shape index (κ2) is 5.98. The Kier molecular flexibility index (Phi) is 4.62. The number of nitro groups is 2. The molecule has 0 aromatic heterocycles. The predicted molar refractivity (Wildman–Crippen MR) is 63.0 cm³/mol. The van der Waals surface area contributed by atoms with Crippen molar-refractivity contribution in [2.45, 2.75) is 19.3 Å². The normalized spacial score (nSPS) is 11.9. The van der Waals surface area contributed by atoms with E-state index in [1.165, 1.54) is 6.92 Å². The summed E-state index contributed by atoms with van der Waals surface area (Å²) in [6, 6.07) is 2.71. The summed E-state index contributed by atoms with van der Waals surface area (Å²) in [5.74, 6) is -2.11. The Morgan fingerprint density at radius 1 is 1.37 bits per heavy atom. The lowest BCUT2D eigenvalue weighted by Crippen LogP contribution is -2.17. The summed E-state index contributed by atoms with van der Waals surface area (Å²) < 4.78 is 13.2. The Hall–Kier alpha value is -2.38. The fourth-order valence-corrected chi connectivity index (χ4v) is 1.82. The van der Waals surface area contributed by atoms with Gasteiger partial charge in [-0.25, -0.2) is 4.39 Å². The van der Waals surface area contributed by atoms with Crippen LogP contribution in [0.3, 0.4) is 0 Å². The summed E-state index contributed by atoms with van der Waals surface area (Å²) in [6.45, 7) is 0.557. The molecule has 0 radical (unpaired) electrons. The molecule has 0 amide bonds. The van der Waals surface area contributed by atoms with Gasteiger partial charge in [-0.2, -0.15) is 0 Å². The summed E-state index contributed by atoms with van der Waals surface area (Å²) >= 11 is 0. The van der Waals surface area contributed by atoms with E-state index >= 15 is 0 Å². The van der Waals surface area contributed by atoms with Gasteiger partial charge in [0.25, 0.3) is 5.69 Å². The van der Waals surface area contributed by atoms with Gasteiger partial charge in [0, 0.05) is 23.0 Å². The number of rotatable bonds is 6. The largest absolute Gasteiger partial charge is 0.300 e. The topological polar surface area (TPSA) is 103 Å². The number of carbonyl (C=O) groups is 1. The van der Waals surface area contributed by atoms with Gasteiger partial charge in [-0.15, -0.1) is 0 Å². The number of hydrogen-bond donors (Lipinski definition) is 0. The van der Waals surface area contributed by atoms with Gasteiger partial charge in [-0.05, 0) is 19.1 Å². The van der Waals surface area contributed by atoms with Gasteiger partial charge in [0.1, 0.15) is 11.6 Å². The minimum absolute atomic E-state index is 0.128. The fourth-order valence-electron chi connectivity index (χ4n) is 1.82. The maximum atomic E-state index is 13.2.